The Balaban J connectivity index is 2.06. The second-order valence-corrected chi connectivity index (χ2v) is 5.99. The molecule has 0 heterocycles. The van der Waals surface area contributed by atoms with Crippen LogP contribution in [0.4, 0.5) is 0 Å². The number of alkyl halides is 1. The predicted molar refractivity (Wildman–Crippen MR) is 102 cm³/mol. The summed E-state index contributed by atoms with van der Waals surface area (Å²) < 4.78 is 4.68. The van der Waals surface area contributed by atoms with E-state index in [1.54, 1.807) is 12.1 Å². The van der Waals surface area contributed by atoms with E-state index in [0.29, 0.717) is 5.56 Å². The van der Waals surface area contributed by atoms with E-state index in [-0.39, 0.29) is 17.8 Å². The summed E-state index contributed by atoms with van der Waals surface area (Å²) >= 11 is 3.02. The molecule has 0 aromatic heterocycles. The van der Waals surface area contributed by atoms with Crippen molar-refractivity contribution in [2.45, 2.75) is 6.04 Å². The number of hydrogen-bond donors (Lipinski definition) is 2. The van der Waals surface area contributed by atoms with Gasteiger partial charge in [-0.1, -0.05) is 58.4 Å². The number of rotatable bonds is 7. The lowest BCUT2D eigenvalue weighted by Gasteiger charge is -2.17. The monoisotopic (exact) mass is 418 g/mol. The van der Waals surface area contributed by atoms with E-state index < -0.39 is 17.9 Å². The minimum Gasteiger partial charge on any atom is -0.467 e. The first-order valence-electron chi connectivity index (χ1n) is 7.92. The summed E-state index contributed by atoms with van der Waals surface area (Å²) in [5, 5.41) is 5.22. The first kappa shape index (κ1) is 19.7. The van der Waals surface area contributed by atoms with E-state index in [0.717, 1.165) is 11.1 Å². The zero-order valence-corrected chi connectivity index (χ0v) is 15.8. The molecule has 0 unspecified atom stereocenters. The van der Waals surface area contributed by atoms with Crippen molar-refractivity contribution < 1.29 is 19.1 Å². The Kier molecular flexibility index (Phi) is 7.35. The van der Waals surface area contributed by atoms with E-state index in [9.17, 15) is 14.4 Å². The topological polar surface area (TPSA) is 84.5 Å². The Bertz CT molecular complexity index is 763. The average Bonchev–Trinajstić information content (AvgIpc) is 2.70. The highest BCUT2D eigenvalue weighted by molar-refractivity contribution is 9.09. The van der Waals surface area contributed by atoms with Gasteiger partial charge in [0.15, 0.2) is 0 Å². The Morgan fingerprint density at radius 1 is 1.00 bits per heavy atom. The minimum absolute atomic E-state index is 0.0506. The highest BCUT2D eigenvalue weighted by Crippen LogP contribution is 2.19. The summed E-state index contributed by atoms with van der Waals surface area (Å²) in [7, 11) is 1.22. The van der Waals surface area contributed by atoms with Gasteiger partial charge in [-0.05, 0) is 23.3 Å². The smallest absolute Gasteiger partial charge is 0.330 e. The van der Waals surface area contributed by atoms with Crippen molar-refractivity contribution >= 4 is 33.7 Å². The molecule has 0 saturated carbocycles. The van der Waals surface area contributed by atoms with Crippen LogP contribution in [0.25, 0.3) is 11.1 Å². The molecule has 0 spiro atoms. The quantitative estimate of drug-likeness (QED) is 0.532. The van der Waals surface area contributed by atoms with Crippen molar-refractivity contribution in [3.05, 3.63) is 60.2 Å². The van der Waals surface area contributed by atoms with Gasteiger partial charge in [-0.15, -0.1) is 0 Å². The van der Waals surface area contributed by atoms with Crippen LogP contribution in [0.15, 0.2) is 54.6 Å². The van der Waals surface area contributed by atoms with E-state index in [2.05, 4.69) is 31.3 Å². The van der Waals surface area contributed by atoms with Gasteiger partial charge >= 0.3 is 5.97 Å². The maximum absolute atomic E-state index is 12.4. The van der Waals surface area contributed by atoms with Gasteiger partial charge in [0.05, 0.1) is 12.4 Å². The molecule has 0 saturated heterocycles. The third-order valence-corrected chi connectivity index (χ3v) is 4.18. The molecular formula is C19H19BrN2O4. The molecule has 0 fully saturated rings. The van der Waals surface area contributed by atoms with Crippen LogP contribution in [0.2, 0.25) is 0 Å². The SMILES string of the molecule is COC(=O)[C@H](CNC(=O)CBr)NC(=O)c1ccc(-c2ccccc2)cc1. The predicted octanol–water partition coefficient (Wildman–Crippen LogP) is 2.14. The number of hydrogen-bond acceptors (Lipinski definition) is 4. The van der Waals surface area contributed by atoms with E-state index in [1.807, 2.05) is 42.5 Å². The number of carbonyl (C=O) groups excluding carboxylic acids is 3. The molecule has 0 aliphatic carbocycles. The van der Waals surface area contributed by atoms with Crippen molar-refractivity contribution in [1.29, 1.82) is 0 Å². The number of ether oxygens (including phenoxy) is 1. The van der Waals surface area contributed by atoms with Crippen LogP contribution in [0.5, 0.6) is 0 Å². The third-order valence-electron chi connectivity index (χ3n) is 3.67. The number of esters is 1. The Labute approximate surface area is 160 Å². The van der Waals surface area contributed by atoms with Crippen LogP contribution in [-0.2, 0) is 14.3 Å². The van der Waals surface area contributed by atoms with E-state index in [4.69, 9.17) is 0 Å². The largest absolute Gasteiger partial charge is 0.467 e. The molecule has 0 aliphatic heterocycles. The normalized spacial score (nSPS) is 11.3. The highest BCUT2D eigenvalue weighted by atomic mass is 79.9. The fourth-order valence-electron chi connectivity index (χ4n) is 2.28. The molecular weight excluding hydrogens is 400 g/mol. The molecule has 2 amide bonds. The Hall–Kier alpha value is -2.67. The van der Waals surface area contributed by atoms with Crippen LogP contribution in [0.3, 0.4) is 0 Å². The fourth-order valence-corrected chi connectivity index (χ4v) is 2.48. The van der Waals surface area contributed by atoms with Crippen molar-refractivity contribution in [1.82, 2.24) is 10.6 Å². The molecule has 6 nitrogen and oxygen atoms in total. The van der Waals surface area contributed by atoms with Crippen LogP contribution in [-0.4, -0.2) is 42.8 Å². The zero-order chi connectivity index (χ0) is 18.9. The number of nitrogens with one attached hydrogen (secondary N) is 2. The molecule has 136 valence electrons. The van der Waals surface area contributed by atoms with E-state index >= 15 is 0 Å². The fraction of sp³-hybridized carbons (Fsp3) is 0.211. The van der Waals surface area contributed by atoms with Crippen LogP contribution in [0, 0.1) is 0 Å². The lowest BCUT2D eigenvalue weighted by molar-refractivity contribution is -0.142. The number of amides is 2. The van der Waals surface area contributed by atoms with Gasteiger partial charge in [0.2, 0.25) is 5.91 Å². The molecule has 1 atom stereocenters. The molecule has 2 rings (SSSR count). The summed E-state index contributed by atoms with van der Waals surface area (Å²) in [5.74, 6) is -1.34. The number of methoxy groups -OCH3 is 1. The first-order valence-corrected chi connectivity index (χ1v) is 9.04. The summed E-state index contributed by atoms with van der Waals surface area (Å²) in [6, 6.07) is 15.9. The van der Waals surface area contributed by atoms with Gasteiger partial charge < -0.3 is 15.4 Å². The van der Waals surface area contributed by atoms with Gasteiger partial charge in [0.25, 0.3) is 5.91 Å². The summed E-state index contributed by atoms with van der Waals surface area (Å²) in [4.78, 5) is 35.5. The Morgan fingerprint density at radius 2 is 1.62 bits per heavy atom. The molecule has 2 aromatic carbocycles. The summed E-state index contributed by atoms with van der Waals surface area (Å²) in [6.45, 7) is -0.0506. The van der Waals surface area contributed by atoms with Crippen LogP contribution in [0.1, 0.15) is 10.4 Å². The summed E-state index contributed by atoms with van der Waals surface area (Å²) in [5.41, 5.74) is 2.44. The molecule has 26 heavy (non-hydrogen) atoms. The number of carbonyl (C=O) groups is 3. The van der Waals surface area contributed by atoms with Gasteiger partial charge in [-0.25, -0.2) is 4.79 Å². The van der Waals surface area contributed by atoms with Crippen molar-refractivity contribution in [3.8, 4) is 11.1 Å². The second kappa shape index (κ2) is 9.72. The number of halogens is 1. The number of benzene rings is 2. The molecule has 0 radical (unpaired) electrons. The standard InChI is InChI=1S/C19H19BrN2O4/c1-26-19(25)16(12-21-17(23)11-20)22-18(24)15-9-7-14(8-10-15)13-5-3-2-4-6-13/h2-10,16H,11-12H2,1H3,(H,21,23)(H,22,24)/t16-/m0/s1. The van der Waals surface area contributed by atoms with Gasteiger partial charge in [0, 0.05) is 12.1 Å². The van der Waals surface area contributed by atoms with Crippen LogP contribution >= 0.6 is 15.9 Å². The summed E-state index contributed by atoms with van der Waals surface area (Å²) in [6.07, 6.45) is 0. The van der Waals surface area contributed by atoms with Gasteiger partial charge in [-0.3, -0.25) is 9.59 Å². The Morgan fingerprint density at radius 3 is 2.19 bits per heavy atom. The second-order valence-electron chi connectivity index (χ2n) is 5.43. The van der Waals surface area contributed by atoms with Crippen molar-refractivity contribution in [2.75, 3.05) is 19.0 Å². The lowest BCUT2D eigenvalue weighted by Crippen LogP contribution is -2.49. The lowest BCUT2D eigenvalue weighted by atomic mass is 10.0. The van der Waals surface area contributed by atoms with Crippen molar-refractivity contribution in [3.63, 3.8) is 0 Å². The maximum Gasteiger partial charge on any atom is 0.330 e. The highest BCUT2D eigenvalue weighted by Gasteiger charge is 2.22. The third kappa shape index (κ3) is 5.42. The zero-order valence-electron chi connectivity index (χ0n) is 14.2. The van der Waals surface area contributed by atoms with Crippen LogP contribution < -0.4 is 10.6 Å². The molecule has 0 aliphatic rings. The molecule has 0 bridgehead atoms. The maximum atomic E-state index is 12.4. The first-order chi connectivity index (χ1) is 12.5. The molecule has 2 aromatic rings. The van der Waals surface area contributed by atoms with Crippen molar-refractivity contribution in [2.24, 2.45) is 0 Å². The average molecular weight is 419 g/mol. The minimum atomic E-state index is -0.968. The van der Waals surface area contributed by atoms with Gasteiger partial charge in [-0.2, -0.15) is 0 Å². The van der Waals surface area contributed by atoms with Gasteiger partial charge in [0.1, 0.15) is 6.04 Å². The molecule has 2 N–H and O–H groups in total. The van der Waals surface area contributed by atoms with E-state index in [1.165, 1.54) is 7.11 Å². The molecule has 7 heteroatoms.